The Morgan fingerprint density at radius 1 is 1.32 bits per heavy atom. The summed E-state index contributed by atoms with van der Waals surface area (Å²) in [5.41, 5.74) is 5.38. The van der Waals surface area contributed by atoms with E-state index < -0.39 is 0 Å². The maximum absolute atomic E-state index is 12.7. The highest BCUT2D eigenvalue weighted by Gasteiger charge is 2.28. The number of carbonyl (C=O) groups excluding carboxylic acids is 1. The largest absolute Gasteiger partial charge is 0.325 e. The molecule has 0 aliphatic heterocycles. The Labute approximate surface area is 145 Å². The zero-order valence-electron chi connectivity index (χ0n) is 14.0. The Bertz CT molecular complexity index is 1010. The van der Waals surface area contributed by atoms with Gasteiger partial charge >= 0.3 is 0 Å². The van der Waals surface area contributed by atoms with E-state index in [-0.39, 0.29) is 11.8 Å². The summed E-state index contributed by atoms with van der Waals surface area (Å²) in [5, 5.41) is 12.1. The zero-order chi connectivity index (χ0) is 17.4. The SMILES string of the molecule is Cc1ccc2nc3c(n2c1)CC(C(=O)Nc1ccccc1C#N)CC3. The summed E-state index contributed by atoms with van der Waals surface area (Å²) >= 11 is 0. The molecule has 1 N–H and O–H groups in total. The minimum Gasteiger partial charge on any atom is -0.325 e. The molecule has 0 bridgehead atoms. The second-order valence-electron chi connectivity index (χ2n) is 6.53. The molecule has 0 saturated carbocycles. The molecular weight excluding hydrogens is 312 g/mol. The highest BCUT2D eigenvalue weighted by Crippen LogP contribution is 2.28. The lowest BCUT2D eigenvalue weighted by molar-refractivity contribution is -0.120. The summed E-state index contributed by atoms with van der Waals surface area (Å²) in [6.45, 7) is 2.05. The van der Waals surface area contributed by atoms with Crippen molar-refractivity contribution >= 4 is 17.2 Å². The van der Waals surface area contributed by atoms with Crippen LogP contribution in [0.3, 0.4) is 0 Å². The van der Waals surface area contributed by atoms with E-state index in [0.29, 0.717) is 17.7 Å². The molecule has 124 valence electrons. The van der Waals surface area contributed by atoms with Crippen molar-refractivity contribution in [3.05, 3.63) is 65.1 Å². The van der Waals surface area contributed by atoms with E-state index in [2.05, 4.69) is 40.0 Å². The second kappa shape index (κ2) is 6.06. The van der Waals surface area contributed by atoms with Gasteiger partial charge in [0, 0.05) is 24.2 Å². The smallest absolute Gasteiger partial charge is 0.227 e. The van der Waals surface area contributed by atoms with E-state index in [9.17, 15) is 10.1 Å². The van der Waals surface area contributed by atoms with Gasteiger partial charge in [0.1, 0.15) is 11.7 Å². The first kappa shape index (κ1) is 15.4. The van der Waals surface area contributed by atoms with Crippen molar-refractivity contribution in [1.29, 1.82) is 5.26 Å². The number of carbonyl (C=O) groups is 1. The molecule has 0 fully saturated rings. The van der Waals surface area contributed by atoms with E-state index >= 15 is 0 Å². The molecule has 0 spiro atoms. The van der Waals surface area contributed by atoms with Crippen molar-refractivity contribution in [2.24, 2.45) is 5.92 Å². The summed E-state index contributed by atoms with van der Waals surface area (Å²) in [5.74, 6) is -0.143. The van der Waals surface area contributed by atoms with E-state index in [4.69, 9.17) is 0 Å². The molecule has 0 saturated heterocycles. The minimum absolute atomic E-state index is 0.0315. The molecule has 2 heterocycles. The second-order valence-corrected chi connectivity index (χ2v) is 6.53. The van der Waals surface area contributed by atoms with Crippen LogP contribution >= 0.6 is 0 Å². The molecule has 1 aromatic carbocycles. The number of rotatable bonds is 2. The highest BCUT2D eigenvalue weighted by molar-refractivity contribution is 5.94. The molecule has 4 rings (SSSR count). The fourth-order valence-electron chi connectivity index (χ4n) is 3.46. The van der Waals surface area contributed by atoms with Gasteiger partial charge in [0.05, 0.1) is 16.9 Å². The van der Waals surface area contributed by atoms with Crippen molar-refractivity contribution in [3.63, 3.8) is 0 Å². The number of anilines is 1. The van der Waals surface area contributed by atoms with Gasteiger partial charge in [-0.05, 0) is 43.5 Å². The fourth-order valence-corrected chi connectivity index (χ4v) is 3.46. The van der Waals surface area contributed by atoms with Gasteiger partial charge in [-0.15, -0.1) is 0 Å². The van der Waals surface area contributed by atoms with Crippen LogP contribution in [0.25, 0.3) is 5.65 Å². The molecule has 2 aromatic heterocycles. The number of pyridine rings is 1. The van der Waals surface area contributed by atoms with Crippen LogP contribution in [0.1, 0.15) is 28.9 Å². The van der Waals surface area contributed by atoms with Crippen LogP contribution < -0.4 is 5.32 Å². The van der Waals surface area contributed by atoms with Crippen LogP contribution in [0.5, 0.6) is 0 Å². The highest BCUT2D eigenvalue weighted by atomic mass is 16.1. The third kappa shape index (κ3) is 2.76. The van der Waals surface area contributed by atoms with E-state index in [1.54, 1.807) is 18.2 Å². The Morgan fingerprint density at radius 3 is 3.00 bits per heavy atom. The predicted octanol–water partition coefficient (Wildman–Crippen LogP) is 3.26. The third-order valence-electron chi connectivity index (χ3n) is 4.79. The average Bonchev–Trinajstić information content (AvgIpc) is 2.99. The molecular formula is C20H18N4O. The number of aryl methyl sites for hydroxylation is 2. The molecule has 1 aliphatic carbocycles. The van der Waals surface area contributed by atoms with Crippen LogP contribution in [0.4, 0.5) is 5.69 Å². The average molecular weight is 330 g/mol. The van der Waals surface area contributed by atoms with Crippen molar-refractivity contribution in [3.8, 4) is 6.07 Å². The van der Waals surface area contributed by atoms with Gasteiger partial charge in [-0.2, -0.15) is 5.26 Å². The van der Waals surface area contributed by atoms with Gasteiger partial charge < -0.3 is 9.72 Å². The quantitative estimate of drug-likeness (QED) is 0.784. The maximum Gasteiger partial charge on any atom is 0.227 e. The van der Waals surface area contributed by atoms with Crippen LogP contribution in [0.15, 0.2) is 42.6 Å². The normalized spacial score (nSPS) is 16.2. The molecule has 3 aromatic rings. The lowest BCUT2D eigenvalue weighted by Gasteiger charge is -2.21. The van der Waals surface area contributed by atoms with E-state index in [1.807, 2.05) is 12.1 Å². The van der Waals surface area contributed by atoms with Crippen molar-refractivity contribution in [1.82, 2.24) is 9.38 Å². The number of nitriles is 1. The van der Waals surface area contributed by atoms with E-state index in [0.717, 1.165) is 29.9 Å². The molecule has 0 radical (unpaired) electrons. The van der Waals surface area contributed by atoms with Crippen LogP contribution in [-0.4, -0.2) is 15.3 Å². The summed E-state index contributed by atoms with van der Waals surface area (Å²) in [4.78, 5) is 17.4. The predicted molar refractivity (Wildman–Crippen MR) is 95.2 cm³/mol. The first-order valence-corrected chi connectivity index (χ1v) is 8.42. The van der Waals surface area contributed by atoms with E-state index in [1.165, 1.54) is 5.56 Å². The standard InChI is InChI=1S/C20H18N4O/c1-13-6-9-19-22-17-8-7-14(10-18(17)24(19)12-13)20(25)23-16-5-3-2-4-15(16)11-21/h2-6,9,12,14H,7-8,10H2,1H3,(H,23,25). The number of nitrogens with zero attached hydrogens (tertiary/aromatic N) is 3. The summed E-state index contributed by atoms with van der Waals surface area (Å²) < 4.78 is 2.10. The fraction of sp³-hybridized carbons (Fsp3) is 0.250. The summed E-state index contributed by atoms with van der Waals surface area (Å²) in [7, 11) is 0. The number of imidazole rings is 1. The van der Waals surface area contributed by atoms with Crippen molar-refractivity contribution in [2.75, 3.05) is 5.32 Å². The van der Waals surface area contributed by atoms with Gasteiger partial charge in [0.2, 0.25) is 5.91 Å². The topological polar surface area (TPSA) is 70.2 Å². The number of hydrogen-bond acceptors (Lipinski definition) is 3. The molecule has 1 atom stereocenters. The zero-order valence-corrected chi connectivity index (χ0v) is 14.0. The third-order valence-corrected chi connectivity index (χ3v) is 4.79. The number of aromatic nitrogens is 2. The Kier molecular flexibility index (Phi) is 3.73. The lowest BCUT2D eigenvalue weighted by atomic mass is 9.89. The van der Waals surface area contributed by atoms with Crippen LogP contribution in [-0.2, 0) is 17.6 Å². The molecule has 5 heteroatoms. The molecule has 25 heavy (non-hydrogen) atoms. The van der Waals surface area contributed by atoms with Crippen molar-refractivity contribution < 1.29 is 4.79 Å². The van der Waals surface area contributed by atoms with Gasteiger partial charge in [-0.3, -0.25) is 4.79 Å². The monoisotopic (exact) mass is 330 g/mol. The van der Waals surface area contributed by atoms with Crippen molar-refractivity contribution in [2.45, 2.75) is 26.2 Å². The van der Waals surface area contributed by atoms with Gasteiger partial charge in [-0.1, -0.05) is 18.2 Å². The Hall–Kier alpha value is -3.13. The number of amides is 1. The Morgan fingerprint density at radius 2 is 2.16 bits per heavy atom. The number of benzene rings is 1. The maximum atomic E-state index is 12.7. The van der Waals surface area contributed by atoms with Gasteiger partial charge in [-0.25, -0.2) is 4.98 Å². The summed E-state index contributed by atoms with van der Waals surface area (Å²) in [6.07, 6.45) is 4.32. The first-order valence-electron chi connectivity index (χ1n) is 8.42. The molecule has 1 amide bonds. The molecule has 5 nitrogen and oxygen atoms in total. The molecule has 1 unspecified atom stereocenters. The number of nitrogens with one attached hydrogen (secondary N) is 1. The minimum atomic E-state index is -0.111. The number of fused-ring (bicyclic) bond motifs is 3. The van der Waals surface area contributed by atoms with Crippen LogP contribution in [0.2, 0.25) is 0 Å². The number of para-hydroxylation sites is 1. The summed E-state index contributed by atoms with van der Waals surface area (Å²) in [6, 6.07) is 13.3. The van der Waals surface area contributed by atoms with Gasteiger partial charge in [0.25, 0.3) is 0 Å². The van der Waals surface area contributed by atoms with Gasteiger partial charge in [0.15, 0.2) is 0 Å². The van der Waals surface area contributed by atoms with Crippen LogP contribution in [0, 0.1) is 24.2 Å². The number of hydrogen-bond donors (Lipinski definition) is 1. The first-order chi connectivity index (χ1) is 12.2. The Balaban J connectivity index is 1.59. The molecule has 1 aliphatic rings. The lowest BCUT2D eigenvalue weighted by Crippen LogP contribution is -2.28.